The molecule has 8 heteroatoms. The van der Waals surface area contributed by atoms with Crippen molar-refractivity contribution in [1.82, 2.24) is 5.32 Å². The van der Waals surface area contributed by atoms with Gasteiger partial charge in [0.15, 0.2) is 0 Å². The van der Waals surface area contributed by atoms with E-state index >= 15 is 0 Å². The molecule has 15 heavy (non-hydrogen) atoms. The van der Waals surface area contributed by atoms with Crippen molar-refractivity contribution in [3.8, 4) is 0 Å². The van der Waals surface area contributed by atoms with E-state index in [2.05, 4.69) is 10.1 Å². The summed E-state index contributed by atoms with van der Waals surface area (Å²) in [6, 6.07) is -0.925. The van der Waals surface area contributed by atoms with Crippen molar-refractivity contribution in [2.24, 2.45) is 0 Å². The molecular weight excluding hydrogens is 225 g/mol. The van der Waals surface area contributed by atoms with E-state index in [0.717, 1.165) is 0 Å². The van der Waals surface area contributed by atoms with E-state index in [-0.39, 0.29) is 0 Å². The fourth-order valence-electron chi connectivity index (χ4n) is 1.17. The quantitative estimate of drug-likeness (QED) is 0.573. The maximum absolute atomic E-state index is 12.5. The molecule has 1 heterocycles. The molecule has 0 amide bonds. The predicted octanol–water partition coefficient (Wildman–Crippen LogP) is 1.09. The van der Waals surface area contributed by atoms with Crippen LogP contribution >= 0.6 is 0 Å². The molecule has 3 nitrogen and oxygen atoms in total. The number of carbonyl (C=O) groups is 1. The van der Waals surface area contributed by atoms with E-state index in [4.69, 9.17) is 0 Å². The van der Waals surface area contributed by atoms with Crippen LogP contribution in [0.3, 0.4) is 0 Å². The maximum atomic E-state index is 12.5. The Morgan fingerprint density at radius 2 is 2.07 bits per heavy atom. The second-order valence-electron chi connectivity index (χ2n) is 3.23. The van der Waals surface area contributed by atoms with Crippen molar-refractivity contribution in [1.29, 1.82) is 0 Å². The number of rotatable bonds is 2. The van der Waals surface area contributed by atoms with E-state index in [0.29, 0.717) is 0 Å². The van der Waals surface area contributed by atoms with Gasteiger partial charge in [0, 0.05) is 12.5 Å². The Balaban J connectivity index is 2.31. The highest BCUT2D eigenvalue weighted by atomic mass is 19.4. The van der Waals surface area contributed by atoms with Crippen LogP contribution in [0.2, 0.25) is 0 Å². The molecule has 1 atom stereocenters. The van der Waals surface area contributed by atoms with Crippen LogP contribution in [0.25, 0.3) is 0 Å². The van der Waals surface area contributed by atoms with E-state index in [1.165, 1.54) is 0 Å². The van der Waals surface area contributed by atoms with E-state index in [9.17, 15) is 26.7 Å². The molecule has 1 aliphatic rings. The summed E-state index contributed by atoms with van der Waals surface area (Å²) in [6.07, 6.45) is -5.71. The standard InChI is InChI=1S/C7H8F5NO2/c8-6(9)1-4(13-3-6)2-15-5(14)7(10,11)12/h4,13H,1-3H2/t4-/m1/s1. The first kappa shape index (κ1) is 12.2. The van der Waals surface area contributed by atoms with Gasteiger partial charge < -0.3 is 10.1 Å². The minimum absolute atomic E-state index is 0.610. The molecule has 1 saturated heterocycles. The van der Waals surface area contributed by atoms with Crippen molar-refractivity contribution < 1.29 is 31.5 Å². The van der Waals surface area contributed by atoms with Crippen LogP contribution in [0.1, 0.15) is 6.42 Å². The molecule has 1 rings (SSSR count). The number of hydrogen-bond acceptors (Lipinski definition) is 3. The third-order valence-corrected chi connectivity index (χ3v) is 1.84. The van der Waals surface area contributed by atoms with Gasteiger partial charge in [-0.15, -0.1) is 0 Å². The molecule has 0 aromatic carbocycles. The maximum Gasteiger partial charge on any atom is 0.490 e. The molecule has 0 unspecified atom stereocenters. The SMILES string of the molecule is O=C(OC[C@H]1CC(F)(F)CN1)C(F)(F)F. The molecule has 0 saturated carbocycles. The second kappa shape index (κ2) is 3.92. The summed E-state index contributed by atoms with van der Waals surface area (Å²) in [5, 5.41) is 2.26. The Labute approximate surface area is 81.6 Å². The summed E-state index contributed by atoms with van der Waals surface area (Å²) in [5.74, 6) is -5.31. The normalized spacial score (nSPS) is 25.3. The molecule has 1 fully saturated rings. The van der Waals surface area contributed by atoms with Crippen LogP contribution in [-0.4, -0.2) is 37.3 Å². The zero-order chi connectivity index (χ0) is 11.7. The first-order chi connectivity index (χ1) is 6.71. The fraction of sp³-hybridized carbons (Fsp3) is 0.857. The summed E-state index contributed by atoms with van der Waals surface area (Å²) >= 11 is 0. The highest BCUT2D eigenvalue weighted by Crippen LogP contribution is 2.25. The lowest BCUT2D eigenvalue weighted by Crippen LogP contribution is -2.32. The average Bonchev–Trinajstić information content (AvgIpc) is 2.39. The minimum atomic E-state index is -5.08. The molecule has 0 radical (unpaired) electrons. The fourth-order valence-corrected chi connectivity index (χ4v) is 1.17. The van der Waals surface area contributed by atoms with Crippen LogP contribution in [0.5, 0.6) is 0 Å². The van der Waals surface area contributed by atoms with Gasteiger partial charge in [-0.3, -0.25) is 0 Å². The Hall–Kier alpha value is -0.920. The van der Waals surface area contributed by atoms with Crippen LogP contribution in [0.15, 0.2) is 0 Å². The lowest BCUT2D eigenvalue weighted by molar-refractivity contribution is -0.200. The number of alkyl halides is 5. The number of esters is 1. The van der Waals surface area contributed by atoms with Gasteiger partial charge in [-0.1, -0.05) is 0 Å². The molecule has 88 valence electrons. The largest absolute Gasteiger partial charge is 0.490 e. The summed E-state index contributed by atoms with van der Waals surface area (Å²) < 4.78 is 63.8. The second-order valence-corrected chi connectivity index (χ2v) is 3.23. The van der Waals surface area contributed by atoms with Crippen LogP contribution in [0, 0.1) is 0 Å². The van der Waals surface area contributed by atoms with E-state index in [1.54, 1.807) is 0 Å². The Morgan fingerprint density at radius 3 is 2.47 bits per heavy atom. The smallest absolute Gasteiger partial charge is 0.457 e. The van der Waals surface area contributed by atoms with Crippen molar-refractivity contribution in [3.05, 3.63) is 0 Å². The highest BCUT2D eigenvalue weighted by Gasteiger charge is 2.43. The van der Waals surface area contributed by atoms with Crippen LogP contribution < -0.4 is 5.32 Å². The molecule has 0 bridgehead atoms. The van der Waals surface area contributed by atoms with E-state index < -0.39 is 43.7 Å². The first-order valence-corrected chi connectivity index (χ1v) is 4.06. The van der Waals surface area contributed by atoms with Crippen LogP contribution in [0.4, 0.5) is 22.0 Å². The van der Waals surface area contributed by atoms with E-state index in [1.807, 2.05) is 0 Å². The summed E-state index contributed by atoms with van der Waals surface area (Å²) in [7, 11) is 0. The summed E-state index contributed by atoms with van der Waals surface area (Å²) in [5.41, 5.74) is 0. The molecule has 0 aromatic heterocycles. The molecule has 0 spiro atoms. The van der Waals surface area contributed by atoms with Gasteiger partial charge in [-0.05, 0) is 0 Å². The number of halogens is 5. The van der Waals surface area contributed by atoms with Gasteiger partial charge in [0.25, 0.3) is 5.92 Å². The summed E-state index contributed by atoms with van der Waals surface area (Å²) in [4.78, 5) is 10.2. The van der Waals surface area contributed by atoms with Crippen molar-refractivity contribution in [3.63, 3.8) is 0 Å². The van der Waals surface area contributed by atoms with Gasteiger partial charge in [-0.2, -0.15) is 13.2 Å². The van der Waals surface area contributed by atoms with Crippen molar-refractivity contribution >= 4 is 5.97 Å². The number of nitrogens with one attached hydrogen (secondary N) is 1. The zero-order valence-corrected chi connectivity index (χ0v) is 7.40. The Kier molecular flexibility index (Phi) is 3.17. The number of ether oxygens (including phenoxy) is 1. The molecule has 0 aliphatic carbocycles. The van der Waals surface area contributed by atoms with Gasteiger partial charge in [-0.25, -0.2) is 13.6 Å². The minimum Gasteiger partial charge on any atom is -0.457 e. The topological polar surface area (TPSA) is 38.3 Å². The van der Waals surface area contributed by atoms with Gasteiger partial charge in [0.1, 0.15) is 6.61 Å². The Bertz CT molecular complexity index is 252. The highest BCUT2D eigenvalue weighted by molar-refractivity contribution is 5.75. The first-order valence-electron chi connectivity index (χ1n) is 4.06. The lowest BCUT2D eigenvalue weighted by Gasteiger charge is -2.11. The number of carbonyl (C=O) groups excluding carboxylic acids is 1. The monoisotopic (exact) mass is 233 g/mol. The van der Waals surface area contributed by atoms with Gasteiger partial charge >= 0.3 is 12.1 Å². The van der Waals surface area contributed by atoms with Crippen molar-refractivity contribution in [2.75, 3.05) is 13.2 Å². The Morgan fingerprint density at radius 1 is 1.47 bits per heavy atom. The lowest BCUT2D eigenvalue weighted by atomic mass is 10.2. The third-order valence-electron chi connectivity index (χ3n) is 1.84. The molecular formula is C7H8F5NO2. The summed E-state index contributed by atoms with van der Waals surface area (Å²) in [6.45, 7) is -1.31. The van der Waals surface area contributed by atoms with Gasteiger partial charge in [0.2, 0.25) is 0 Å². The van der Waals surface area contributed by atoms with Gasteiger partial charge in [0.05, 0.1) is 6.54 Å². The van der Waals surface area contributed by atoms with Crippen molar-refractivity contribution in [2.45, 2.75) is 24.6 Å². The molecule has 1 N–H and O–H groups in total. The predicted molar refractivity (Wildman–Crippen MR) is 38.4 cm³/mol. The zero-order valence-electron chi connectivity index (χ0n) is 7.40. The molecule has 1 aliphatic heterocycles. The third kappa shape index (κ3) is 3.61. The average molecular weight is 233 g/mol. The number of hydrogen-bond donors (Lipinski definition) is 1. The molecule has 0 aromatic rings. The van der Waals surface area contributed by atoms with Crippen LogP contribution in [-0.2, 0) is 9.53 Å².